The first-order chi connectivity index (χ1) is 9.43. The Kier molecular flexibility index (Phi) is 4.04. The molecule has 20 heavy (non-hydrogen) atoms. The molecule has 0 saturated heterocycles. The van der Waals surface area contributed by atoms with Crippen LogP contribution in [0.3, 0.4) is 0 Å². The van der Waals surface area contributed by atoms with Crippen LogP contribution in [0.15, 0.2) is 53.1 Å². The summed E-state index contributed by atoms with van der Waals surface area (Å²) in [7, 11) is 0. The molecular weight excluding hydrogens is 323 g/mol. The molecule has 0 aromatic carbocycles. The van der Waals surface area contributed by atoms with Gasteiger partial charge < -0.3 is 5.32 Å². The molecule has 0 saturated carbocycles. The van der Waals surface area contributed by atoms with Crippen LogP contribution in [0, 0.1) is 11.4 Å². The van der Waals surface area contributed by atoms with Gasteiger partial charge in [-0.05, 0) is 35.0 Å². The van der Waals surface area contributed by atoms with Crippen LogP contribution in [-0.2, 0) is 6.42 Å². The number of hydrogen-bond donors (Lipinski definition) is 2. The van der Waals surface area contributed by atoms with Gasteiger partial charge >= 0.3 is 0 Å². The fourth-order valence-electron chi connectivity index (χ4n) is 1.96. The first kappa shape index (κ1) is 14.5. The van der Waals surface area contributed by atoms with Gasteiger partial charge in [0.25, 0.3) is 0 Å². The summed E-state index contributed by atoms with van der Waals surface area (Å²) in [6.45, 7) is 9.33. The third kappa shape index (κ3) is 2.65. The Labute approximate surface area is 125 Å². The van der Waals surface area contributed by atoms with Crippen molar-refractivity contribution in [3.63, 3.8) is 0 Å². The molecular formula is C14H14BrFN4. The summed E-state index contributed by atoms with van der Waals surface area (Å²) < 4.78 is 13.8. The Morgan fingerprint density at radius 3 is 2.85 bits per heavy atom. The maximum absolute atomic E-state index is 13.4. The molecule has 1 aromatic rings. The third-order valence-electron chi connectivity index (χ3n) is 3.00. The standard InChI is InChI=1S/C14H14BrFN4/c1-4-20-9(3)18-8(2)11(14(20)17)7-10-5-6-12(15)13(16)19-10/h4-6,17-18H,1,3,7H2,2H3. The fraction of sp³-hybridized carbons (Fsp3) is 0.143. The lowest BCUT2D eigenvalue weighted by Gasteiger charge is -2.31. The zero-order valence-electron chi connectivity index (χ0n) is 11.0. The molecule has 0 atom stereocenters. The van der Waals surface area contributed by atoms with E-state index >= 15 is 0 Å². The van der Waals surface area contributed by atoms with Crippen LogP contribution in [0.2, 0.25) is 0 Å². The van der Waals surface area contributed by atoms with Crippen LogP contribution in [0.5, 0.6) is 0 Å². The number of nitrogens with zero attached hydrogens (tertiary/aromatic N) is 2. The predicted molar refractivity (Wildman–Crippen MR) is 80.3 cm³/mol. The average Bonchev–Trinajstić information content (AvgIpc) is 2.39. The van der Waals surface area contributed by atoms with E-state index < -0.39 is 5.95 Å². The number of pyridine rings is 1. The summed E-state index contributed by atoms with van der Waals surface area (Å²) >= 11 is 3.07. The van der Waals surface area contributed by atoms with E-state index in [0.29, 0.717) is 22.4 Å². The molecule has 1 aliphatic rings. The van der Waals surface area contributed by atoms with Crippen molar-refractivity contribution < 1.29 is 4.39 Å². The third-order valence-corrected chi connectivity index (χ3v) is 3.59. The minimum atomic E-state index is -0.555. The van der Waals surface area contributed by atoms with Gasteiger partial charge in [-0.3, -0.25) is 10.3 Å². The summed E-state index contributed by atoms with van der Waals surface area (Å²) in [6, 6.07) is 3.33. The van der Waals surface area contributed by atoms with Crippen LogP contribution in [0.4, 0.5) is 4.39 Å². The van der Waals surface area contributed by atoms with Crippen molar-refractivity contribution in [2.45, 2.75) is 13.3 Å². The second-order valence-corrected chi connectivity index (χ2v) is 5.18. The molecule has 0 amide bonds. The topological polar surface area (TPSA) is 52.0 Å². The van der Waals surface area contributed by atoms with Crippen LogP contribution in [-0.4, -0.2) is 15.7 Å². The van der Waals surface area contributed by atoms with Gasteiger partial charge in [0.1, 0.15) is 11.7 Å². The van der Waals surface area contributed by atoms with Gasteiger partial charge in [0.05, 0.1) is 4.47 Å². The average molecular weight is 337 g/mol. The molecule has 0 aliphatic carbocycles. The number of rotatable bonds is 3. The SMILES string of the molecule is C=CN1C(=C)NC(C)=C(Cc2ccc(Br)c(F)n2)C1=N. The lowest BCUT2D eigenvalue weighted by molar-refractivity contribution is 0.568. The van der Waals surface area contributed by atoms with Gasteiger partial charge in [-0.15, -0.1) is 0 Å². The number of allylic oxidation sites excluding steroid dienone is 1. The molecule has 2 rings (SSSR count). The Balaban J connectivity index is 2.33. The molecule has 2 heterocycles. The normalized spacial score (nSPS) is 15.4. The van der Waals surface area contributed by atoms with Crippen molar-refractivity contribution in [1.82, 2.24) is 15.2 Å². The summed E-state index contributed by atoms with van der Waals surface area (Å²) in [6.07, 6.45) is 1.87. The summed E-state index contributed by atoms with van der Waals surface area (Å²) in [5.41, 5.74) is 2.10. The van der Waals surface area contributed by atoms with E-state index in [1.807, 2.05) is 6.92 Å². The highest BCUT2D eigenvalue weighted by Gasteiger charge is 2.23. The zero-order valence-corrected chi connectivity index (χ0v) is 12.6. The van der Waals surface area contributed by atoms with Gasteiger partial charge in [0.2, 0.25) is 5.95 Å². The molecule has 0 unspecified atom stereocenters. The highest BCUT2D eigenvalue weighted by atomic mass is 79.9. The lowest BCUT2D eigenvalue weighted by Crippen LogP contribution is -2.38. The molecule has 1 aromatic heterocycles. The Hall–Kier alpha value is -1.95. The molecule has 4 nitrogen and oxygen atoms in total. The second kappa shape index (κ2) is 5.58. The smallest absolute Gasteiger partial charge is 0.227 e. The van der Waals surface area contributed by atoms with E-state index in [9.17, 15) is 4.39 Å². The maximum Gasteiger partial charge on any atom is 0.227 e. The molecule has 0 radical (unpaired) electrons. The zero-order chi connectivity index (χ0) is 14.9. The van der Waals surface area contributed by atoms with E-state index in [4.69, 9.17) is 5.41 Å². The number of halogens is 2. The minimum absolute atomic E-state index is 0.270. The molecule has 0 spiro atoms. The van der Waals surface area contributed by atoms with Crippen LogP contribution in [0.25, 0.3) is 0 Å². The number of nitrogens with one attached hydrogen (secondary N) is 2. The highest BCUT2D eigenvalue weighted by molar-refractivity contribution is 9.10. The Morgan fingerprint density at radius 2 is 2.25 bits per heavy atom. The van der Waals surface area contributed by atoms with E-state index in [0.717, 1.165) is 11.3 Å². The molecule has 6 heteroatoms. The van der Waals surface area contributed by atoms with Crippen molar-refractivity contribution in [2.24, 2.45) is 0 Å². The monoisotopic (exact) mass is 336 g/mol. The summed E-state index contributed by atoms with van der Waals surface area (Å²) in [4.78, 5) is 5.41. The van der Waals surface area contributed by atoms with Gasteiger partial charge in [-0.25, -0.2) is 4.98 Å². The molecule has 104 valence electrons. The van der Waals surface area contributed by atoms with Crippen LogP contribution >= 0.6 is 15.9 Å². The van der Waals surface area contributed by atoms with Crippen molar-refractivity contribution in [3.8, 4) is 0 Å². The van der Waals surface area contributed by atoms with E-state index in [-0.39, 0.29) is 5.84 Å². The predicted octanol–water partition coefficient (Wildman–Crippen LogP) is 3.30. The van der Waals surface area contributed by atoms with Gasteiger partial charge in [0, 0.05) is 29.6 Å². The van der Waals surface area contributed by atoms with Crippen molar-refractivity contribution in [2.75, 3.05) is 0 Å². The Morgan fingerprint density at radius 1 is 1.55 bits per heavy atom. The van der Waals surface area contributed by atoms with Crippen molar-refractivity contribution >= 4 is 21.8 Å². The van der Waals surface area contributed by atoms with E-state index in [1.165, 1.54) is 11.1 Å². The fourth-order valence-corrected chi connectivity index (χ4v) is 2.18. The van der Waals surface area contributed by atoms with E-state index in [1.54, 1.807) is 12.1 Å². The maximum atomic E-state index is 13.4. The van der Waals surface area contributed by atoms with Crippen molar-refractivity contribution in [3.05, 3.63) is 64.7 Å². The first-order valence-electron chi connectivity index (χ1n) is 5.91. The molecule has 0 fully saturated rings. The minimum Gasteiger partial charge on any atom is -0.345 e. The number of amidine groups is 1. The van der Waals surface area contributed by atoms with Crippen LogP contribution in [0.1, 0.15) is 12.6 Å². The number of hydrogen-bond acceptors (Lipinski definition) is 3. The molecule has 0 bridgehead atoms. The van der Waals surface area contributed by atoms with E-state index in [2.05, 4.69) is 39.4 Å². The summed E-state index contributed by atoms with van der Waals surface area (Å²) in [5, 5.41) is 11.2. The van der Waals surface area contributed by atoms with Gasteiger partial charge in [-0.1, -0.05) is 13.2 Å². The Bertz CT molecular complexity index is 636. The first-order valence-corrected chi connectivity index (χ1v) is 6.70. The highest BCUT2D eigenvalue weighted by Crippen LogP contribution is 2.22. The van der Waals surface area contributed by atoms with Crippen molar-refractivity contribution in [1.29, 1.82) is 5.41 Å². The molecule has 2 N–H and O–H groups in total. The quantitative estimate of drug-likeness (QED) is 0.832. The summed E-state index contributed by atoms with van der Waals surface area (Å²) in [5.74, 6) is 0.286. The molecule has 1 aliphatic heterocycles. The van der Waals surface area contributed by atoms with Crippen LogP contribution < -0.4 is 5.32 Å². The largest absolute Gasteiger partial charge is 0.345 e. The second-order valence-electron chi connectivity index (χ2n) is 4.33. The lowest BCUT2D eigenvalue weighted by atomic mass is 10.0. The van der Waals surface area contributed by atoms with Gasteiger partial charge in [0.15, 0.2) is 0 Å². The number of aromatic nitrogens is 1. The van der Waals surface area contributed by atoms with Gasteiger partial charge in [-0.2, -0.15) is 4.39 Å².